The van der Waals surface area contributed by atoms with Gasteiger partial charge in [0.25, 0.3) is 0 Å². The Bertz CT molecular complexity index is 1100. The Balaban J connectivity index is 1.48. The lowest BCUT2D eigenvalue weighted by Gasteiger charge is -2.17. The summed E-state index contributed by atoms with van der Waals surface area (Å²) in [7, 11) is 0. The van der Waals surface area contributed by atoms with Gasteiger partial charge >= 0.3 is 0 Å². The van der Waals surface area contributed by atoms with Gasteiger partial charge in [0.05, 0.1) is 17.3 Å². The molecule has 2 aromatic carbocycles. The van der Waals surface area contributed by atoms with E-state index in [2.05, 4.69) is 10.4 Å². The normalized spacial score (nSPS) is 16.3. The molecule has 8 heteroatoms. The highest BCUT2D eigenvalue weighted by Crippen LogP contribution is 2.28. The maximum Gasteiger partial charge on any atom is 0.229 e. The average molecular weight is 396 g/mol. The minimum absolute atomic E-state index is 0.0251. The van der Waals surface area contributed by atoms with Crippen molar-refractivity contribution in [3.8, 4) is 5.69 Å². The van der Waals surface area contributed by atoms with E-state index in [0.717, 1.165) is 23.5 Å². The number of carbonyl (C=O) groups excluding carboxylic acids is 2. The smallest absolute Gasteiger partial charge is 0.229 e. The Kier molecular flexibility index (Phi) is 4.84. The number of nitrogens with one attached hydrogen (secondary N) is 1. The molecule has 1 aromatic heterocycles. The first-order valence-corrected chi connectivity index (χ1v) is 9.10. The number of halogens is 2. The summed E-state index contributed by atoms with van der Waals surface area (Å²) >= 11 is 0. The minimum Gasteiger partial charge on any atom is -0.326 e. The van der Waals surface area contributed by atoms with Crippen molar-refractivity contribution < 1.29 is 18.4 Å². The van der Waals surface area contributed by atoms with E-state index in [1.807, 2.05) is 19.1 Å². The Morgan fingerprint density at radius 1 is 1.17 bits per heavy atom. The van der Waals surface area contributed by atoms with Crippen LogP contribution in [-0.4, -0.2) is 28.1 Å². The van der Waals surface area contributed by atoms with Gasteiger partial charge in [0, 0.05) is 36.6 Å². The third kappa shape index (κ3) is 3.73. The van der Waals surface area contributed by atoms with Gasteiger partial charge in [0.15, 0.2) is 0 Å². The van der Waals surface area contributed by atoms with Gasteiger partial charge in [-0.25, -0.2) is 13.5 Å². The number of carbonyl (C=O) groups is 2. The quantitative estimate of drug-likeness (QED) is 0.735. The molecule has 0 saturated carbocycles. The summed E-state index contributed by atoms with van der Waals surface area (Å²) in [6.45, 7) is 1.96. The summed E-state index contributed by atoms with van der Waals surface area (Å²) in [4.78, 5) is 26.2. The molecule has 1 atom stereocenters. The Labute approximate surface area is 165 Å². The van der Waals surface area contributed by atoms with Gasteiger partial charge in [-0.2, -0.15) is 5.10 Å². The standard InChI is InChI=1S/C21H18F2N4O2/c1-13-7-8-24-27(13)17-4-2-3-16(11-17)25-21(29)14-9-20(28)26(12-14)19-6-5-15(22)10-18(19)23/h2-8,10-11,14H,9,12H2,1H3,(H,25,29). The fourth-order valence-corrected chi connectivity index (χ4v) is 3.42. The van der Waals surface area contributed by atoms with Crippen LogP contribution in [0.15, 0.2) is 54.7 Å². The molecule has 3 aromatic rings. The summed E-state index contributed by atoms with van der Waals surface area (Å²) in [6.07, 6.45) is 1.65. The third-order valence-corrected chi connectivity index (χ3v) is 4.89. The van der Waals surface area contributed by atoms with Gasteiger partial charge < -0.3 is 10.2 Å². The number of aryl methyl sites for hydroxylation is 1. The van der Waals surface area contributed by atoms with Crippen molar-refractivity contribution in [2.45, 2.75) is 13.3 Å². The first kappa shape index (κ1) is 18.8. The number of rotatable bonds is 4. The van der Waals surface area contributed by atoms with Crippen LogP contribution >= 0.6 is 0 Å². The topological polar surface area (TPSA) is 67.2 Å². The highest BCUT2D eigenvalue weighted by atomic mass is 19.1. The predicted octanol–water partition coefficient (Wildman–Crippen LogP) is 3.45. The largest absolute Gasteiger partial charge is 0.326 e. The first-order chi connectivity index (χ1) is 13.9. The Hall–Kier alpha value is -3.55. The molecule has 0 radical (unpaired) electrons. The molecule has 29 heavy (non-hydrogen) atoms. The van der Waals surface area contributed by atoms with Gasteiger partial charge in [-0.1, -0.05) is 6.07 Å². The molecule has 2 amide bonds. The van der Waals surface area contributed by atoms with Crippen molar-refractivity contribution >= 4 is 23.2 Å². The minimum atomic E-state index is -0.832. The number of amides is 2. The number of hydrogen-bond donors (Lipinski definition) is 1. The molecule has 1 fully saturated rings. The van der Waals surface area contributed by atoms with Gasteiger partial charge in [0.2, 0.25) is 11.8 Å². The van der Waals surface area contributed by atoms with E-state index in [0.29, 0.717) is 5.69 Å². The number of benzene rings is 2. The van der Waals surface area contributed by atoms with Gasteiger partial charge in [-0.15, -0.1) is 0 Å². The van der Waals surface area contributed by atoms with Crippen LogP contribution in [0.5, 0.6) is 0 Å². The van der Waals surface area contributed by atoms with Crippen LogP contribution < -0.4 is 10.2 Å². The second kappa shape index (κ2) is 7.46. The third-order valence-electron chi connectivity index (χ3n) is 4.89. The summed E-state index contributed by atoms with van der Waals surface area (Å²) in [5.74, 6) is -2.91. The van der Waals surface area contributed by atoms with Crippen LogP contribution in [0.25, 0.3) is 5.69 Å². The van der Waals surface area contributed by atoms with Crippen LogP contribution in [0.2, 0.25) is 0 Å². The van der Waals surface area contributed by atoms with Crippen LogP contribution in [0.4, 0.5) is 20.2 Å². The molecule has 0 spiro atoms. The lowest BCUT2D eigenvalue weighted by Crippen LogP contribution is -2.28. The average Bonchev–Trinajstić information content (AvgIpc) is 3.28. The zero-order chi connectivity index (χ0) is 20.5. The number of nitrogens with zero attached hydrogens (tertiary/aromatic N) is 3. The molecule has 4 rings (SSSR count). The van der Waals surface area contributed by atoms with E-state index in [1.54, 1.807) is 29.1 Å². The second-order valence-electron chi connectivity index (χ2n) is 6.93. The van der Waals surface area contributed by atoms with Crippen molar-refractivity contribution in [1.29, 1.82) is 0 Å². The number of hydrogen-bond acceptors (Lipinski definition) is 3. The van der Waals surface area contributed by atoms with Gasteiger partial charge in [-0.05, 0) is 43.3 Å². The second-order valence-corrected chi connectivity index (χ2v) is 6.93. The van der Waals surface area contributed by atoms with Crippen molar-refractivity contribution in [2.75, 3.05) is 16.8 Å². The van der Waals surface area contributed by atoms with E-state index < -0.39 is 17.6 Å². The molecular weight excluding hydrogens is 378 g/mol. The van der Waals surface area contributed by atoms with Crippen molar-refractivity contribution in [1.82, 2.24) is 9.78 Å². The van der Waals surface area contributed by atoms with E-state index in [9.17, 15) is 18.4 Å². The molecule has 6 nitrogen and oxygen atoms in total. The van der Waals surface area contributed by atoms with Gasteiger partial charge in [0.1, 0.15) is 11.6 Å². The highest BCUT2D eigenvalue weighted by molar-refractivity contribution is 6.03. The van der Waals surface area contributed by atoms with Gasteiger partial charge in [-0.3, -0.25) is 9.59 Å². The maximum atomic E-state index is 14.0. The fraction of sp³-hybridized carbons (Fsp3) is 0.190. The molecule has 1 aliphatic heterocycles. The predicted molar refractivity (Wildman–Crippen MR) is 104 cm³/mol. The lowest BCUT2D eigenvalue weighted by molar-refractivity contribution is -0.122. The van der Waals surface area contributed by atoms with E-state index in [-0.39, 0.29) is 30.5 Å². The number of anilines is 2. The SMILES string of the molecule is Cc1ccnn1-c1cccc(NC(=O)C2CC(=O)N(c3ccc(F)cc3F)C2)c1. The van der Waals surface area contributed by atoms with Crippen LogP contribution in [0.1, 0.15) is 12.1 Å². The molecule has 2 heterocycles. The van der Waals surface area contributed by atoms with E-state index in [1.165, 1.54) is 11.0 Å². The molecule has 1 aliphatic rings. The summed E-state index contributed by atoms with van der Waals surface area (Å²) in [5.41, 5.74) is 2.29. The van der Waals surface area contributed by atoms with Crippen molar-refractivity contribution in [2.24, 2.45) is 5.92 Å². The Morgan fingerprint density at radius 3 is 2.72 bits per heavy atom. The molecule has 148 valence electrons. The number of aromatic nitrogens is 2. The molecular formula is C21H18F2N4O2. The monoisotopic (exact) mass is 396 g/mol. The van der Waals surface area contributed by atoms with E-state index in [4.69, 9.17) is 0 Å². The summed E-state index contributed by atoms with van der Waals surface area (Å²) < 4.78 is 28.9. The van der Waals surface area contributed by atoms with Crippen LogP contribution in [0, 0.1) is 24.5 Å². The molecule has 0 bridgehead atoms. The van der Waals surface area contributed by atoms with E-state index >= 15 is 0 Å². The Morgan fingerprint density at radius 2 is 2.00 bits per heavy atom. The highest BCUT2D eigenvalue weighted by Gasteiger charge is 2.36. The summed E-state index contributed by atoms with van der Waals surface area (Å²) in [5, 5.41) is 7.05. The molecule has 0 aliphatic carbocycles. The molecule has 1 N–H and O–H groups in total. The van der Waals surface area contributed by atoms with Crippen molar-refractivity contribution in [3.05, 3.63) is 72.1 Å². The summed E-state index contributed by atoms with van der Waals surface area (Å²) in [6, 6.07) is 12.1. The fourth-order valence-electron chi connectivity index (χ4n) is 3.42. The zero-order valence-electron chi connectivity index (χ0n) is 15.6. The van der Waals surface area contributed by atoms with Crippen LogP contribution in [-0.2, 0) is 9.59 Å². The van der Waals surface area contributed by atoms with Crippen molar-refractivity contribution in [3.63, 3.8) is 0 Å². The zero-order valence-corrected chi connectivity index (χ0v) is 15.6. The first-order valence-electron chi connectivity index (χ1n) is 9.10. The van der Waals surface area contributed by atoms with Crippen LogP contribution in [0.3, 0.4) is 0 Å². The molecule has 1 saturated heterocycles. The lowest BCUT2D eigenvalue weighted by atomic mass is 10.1. The maximum absolute atomic E-state index is 14.0. The molecule has 1 unspecified atom stereocenters.